The van der Waals surface area contributed by atoms with Gasteiger partial charge in [-0.05, 0) is 36.1 Å². The number of nitrogens with zero attached hydrogens (tertiary/aromatic N) is 3. The van der Waals surface area contributed by atoms with Gasteiger partial charge >= 0.3 is 0 Å². The number of aliphatic hydroxyl groups excluding tert-OH is 4. The quantitative estimate of drug-likeness (QED) is 0.0865. The molecule has 0 saturated carbocycles. The molecule has 222 valence electrons. The van der Waals surface area contributed by atoms with Gasteiger partial charge in [0.2, 0.25) is 17.5 Å². The van der Waals surface area contributed by atoms with Crippen LogP contribution in [0.1, 0.15) is 20.3 Å². The van der Waals surface area contributed by atoms with Crippen molar-refractivity contribution in [1.82, 2.24) is 0 Å². The number of hydrogen-bond donors (Lipinski definition) is 8. The van der Waals surface area contributed by atoms with E-state index in [-0.39, 0.29) is 22.3 Å². The highest BCUT2D eigenvalue weighted by Crippen LogP contribution is 2.39. The van der Waals surface area contributed by atoms with Crippen LogP contribution >= 0.6 is 0 Å². The third kappa shape index (κ3) is 7.10. The normalized spacial score (nSPS) is 22.1. The lowest BCUT2D eigenvalue weighted by atomic mass is 9.99. The molecular weight excluding hydrogens is 546 g/mol. The van der Waals surface area contributed by atoms with E-state index in [0.717, 1.165) is 30.7 Å². The van der Waals surface area contributed by atoms with Crippen molar-refractivity contribution in [3.05, 3.63) is 51.0 Å². The molecule has 4 rings (SSSR count). The van der Waals surface area contributed by atoms with E-state index in [0.29, 0.717) is 12.5 Å². The third-order valence-corrected chi connectivity index (χ3v) is 6.11. The van der Waals surface area contributed by atoms with Gasteiger partial charge in [-0.25, -0.2) is 0 Å². The number of fused-ring (bicyclic) bond motifs is 1. The lowest BCUT2D eigenvalue weighted by molar-refractivity contribution is -0.277. The van der Waals surface area contributed by atoms with Crippen molar-refractivity contribution in [2.75, 3.05) is 13.2 Å². The standard InChI is InChI=1S/C21H20O12.C5H11N3/c22-6-13-15(27)17(29)18(30)21(32-13)33-20-16(28)14-11(26)4-8(23)5-12(14)31-19(20)7-1-2-9(24)10(25)3-7;1-5(2)3-4-7-8-6/h1-5,13,15,17-18,21-27,29-30H,6H2;5H,3-4H2,1-2H3/t13-,15+,17+,18-,21+;/m1./s1. The molecule has 5 atom stereocenters. The van der Waals surface area contributed by atoms with Crippen molar-refractivity contribution < 1.29 is 54.7 Å². The topological polar surface area (TPSA) is 259 Å². The molecule has 1 aromatic heterocycles. The van der Waals surface area contributed by atoms with Crippen LogP contribution in [0.5, 0.6) is 28.7 Å². The summed E-state index contributed by atoms with van der Waals surface area (Å²) < 4.78 is 16.5. The number of rotatable bonds is 7. The summed E-state index contributed by atoms with van der Waals surface area (Å²) >= 11 is 0. The molecule has 8 N–H and O–H groups in total. The van der Waals surface area contributed by atoms with Crippen LogP contribution in [0.3, 0.4) is 0 Å². The van der Waals surface area contributed by atoms with Gasteiger partial charge in [-0.2, -0.15) is 0 Å². The van der Waals surface area contributed by atoms with Crippen LogP contribution in [0.15, 0.2) is 44.7 Å². The van der Waals surface area contributed by atoms with Crippen LogP contribution in [0.4, 0.5) is 0 Å². The lowest BCUT2D eigenvalue weighted by Crippen LogP contribution is -2.60. The summed E-state index contributed by atoms with van der Waals surface area (Å²) in [5.74, 6) is -2.41. The van der Waals surface area contributed by atoms with Gasteiger partial charge in [-0.1, -0.05) is 19.0 Å². The second kappa shape index (κ2) is 13.4. The SMILES string of the molecule is CC(C)CCN=[N+]=[N-].O=c1c(O[C@@H]2O[C@H](CO)[C@H](O)[C@H](O)[C@H]2O)c(-c2ccc(O)c(O)c2)oc2cc(O)cc(O)c12. The monoisotopic (exact) mass is 577 g/mol. The molecule has 0 amide bonds. The van der Waals surface area contributed by atoms with Crippen molar-refractivity contribution in [2.45, 2.75) is 51.0 Å². The largest absolute Gasteiger partial charge is 0.508 e. The predicted octanol–water partition coefficient (Wildman–Crippen LogP) is 1.80. The third-order valence-electron chi connectivity index (χ3n) is 6.11. The number of aliphatic hydroxyl groups is 4. The smallest absolute Gasteiger partial charge is 0.239 e. The van der Waals surface area contributed by atoms with Gasteiger partial charge in [-0.15, -0.1) is 0 Å². The summed E-state index contributed by atoms with van der Waals surface area (Å²) in [7, 11) is 0. The van der Waals surface area contributed by atoms with E-state index < -0.39 is 71.5 Å². The molecular formula is C26H31N3O12. The van der Waals surface area contributed by atoms with Crippen LogP contribution in [0, 0.1) is 5.92 Å². The molecule has 0 bridgehead atoms. The van der Waals surface area contributed by atoms with E-state index in [4.69, 9.17) is 19.4 Å². The fourth-order valence-corrected chi connectivity index (χ4v) is 3.87. The summed E-state index contributed by atoms with van der Waals surface area (Å²) in [6.07, 6.45) is -7.41. The van der Waals surface area contributed by atoms with Crippen molar-refractivity contribution in [3.63, 3.8) is 0 Å². The van der Waals surface area contributed by atoms with Crippen molar-refractivity contribution >= 4 is 11.0 Å². The van der Waals surface area contributed by atoms with Crippen LogP contribution < -0.4 is 10.2 Å². The van der Waals surface area contributed by atoms with Crippen LogP contribution in [-0.4, -0.2) is 84.7 Å². The summed E-state index contributed by atoms with van der Waals surface area (Å²) in [6, 6.07) is 5.36. The van der Waals surface area contributed by atoms with E-state index in [1.807, 2.05) is 0 Å². The Labute approximate surface area is 232 Å². The lowest BCUT2D eigenvalue weighted by Gasteiger charge is -2.39. The van der Waals surface area contributed by atoms with Crippen LogP contribution in [-0.2, 0) is 4.74 Å². The molecule has 3 aromatic rings. The Balaban J connectivity index is 0.000000507. The second-order valence-corrected chi connectivity index (χ2v) is 9.58. The zero-order chi connectivity index (χ0) is 30.4. The Kier molecular flexibility index (Phi) is 10.2. The summed E-state index contributed by atoms with van der Waals surface area (Å²) in [4.78, 5) is 15.9. The molecule has 15 heteroatoms. The molecule has 0 aliphatic carbocycles. The maximum atomic E-state index is 13.2. The van der Waals surface area contributed by atoms with E-state index >= 15 is 0 Å². The first-order valence-corrected chi connectivity index (χ1v) is 12.4. The van der Waals surface area contributed by atoms with Crippen LogP contribution in [0.2, 0.25) is 0 Å². The van der Waals surface area contributed by atoms with Gasteiger partial charge in [0.05, 0.1) is 6.61 Å². The minimum absolute atomic E-state index is 0.0201. The summed E-state index contributed by atoms with van der Waals surface area (Å²) in [6.45, 7) is 4.10. The molecule has 0 unspecified atom stereocenters. The predicted molar refractivity (Wildman–Crippen MR) is 142 cm³/mol. The number of ether oxygens (including phenoxy) is 2. The number of aromatic hydroxyl groups is 4. The van der Waals surface area contributed by atoms with Gasteiger partial charge in [0.15, 0.2) is 17.3 Å². The van der Waals surface area contributed by atoms with Crippen LogP contribution in [0.25, 0.3) is 32.7 Å². The highest BCUT2D eigenvalue weighted by atomic mass is 16.7. The Morgan fingerprint density at radius 1 is 1.00 bits per heavy atom. The van der Waals surface area contributed by atoms with E-state index in [1.165, 1.54) is 6.07 Å². The molecule has 1 aliphatic heterocycles. The second-order valence-electron chi connectivity index (χ2n) is 9.58. The average molecular weight is 578 g/mol. The van der Waals surface area contributed by atoms with Crippen molar-refractivity contribution in [3.8, 4) is 40.1 Å². The zero-order valence-electron chi connectivity index (χ0n) is 22.0. The molecule has 1 aliphatic rings. The molecule has 1 fully saturated rings. The fraction of sp³-hybridized carbons (Fsp3) is 0.423. The van der Waals surface area contributed by atoms with E-state index in [9.17, 15) is 45.6 Å². The van der Waals surface area contributed by atoms with Gasteiger partial charge in [0.1, 0.15) is 46.9 Å². The Hall–Kier alpha value is -4.24. The summed E-state index contributed by atoms with van der Waals surface area (Å²) in [5.41, 5.74) is 6.64. The van der Waals surface area contributed by atoms with Gasteiger partial charge in [-0.3, -0.25) is 4.79 Å². The van der Waals surface area contributed by atoms with Gasteiger partial charge in [0.25, 0.3) is 0 Å². The molecule has 1 saturated heterocycles. The average Bonchev–Trinajstić information content (AvgIpc) is 2.91. The van der Waals surface area contributed by atoms with Crippen molar-refractivity contribution in [1.29, 1.82) is 0 Å². The minimum Gasteiger partial charge on any atom is -0.508 e. The molecule has 2 aromatic carbocycles. The van der Waals surface area contributed by atoms with Gasteiger partial charge in [0, 0.05) is 29.2 Å². The van der Waals surface area contributed by atoms with Crippen molar-refractivity contribution in [2.24, 2.45) is 11.0 Å². The fourth-order valence-electron chi connectivity index (χ4n) is 3.87. The maximum Gasteiger partial charge on any atom is 0.239 e. The number of hydrogen-bond acceptors (Lipinski definition) is 13. The number of phenols is 4. The minimum atomic E-state index is -1.85. The first-order chi connectivity index (χ1) is 19.4. The number of phenolic OH excluding ortho intramolecular Hbond substituents is 4. The Bertz CT molecular complexity index is 1470. The maximum absolute atomic E-state index is 13.2. The highest BCUT2D eigenvalue weighted by molar-refractivity contribution is 5.88. The number of azide groups is 1. The molecule has 2 heterocycles. The molecule has 0 radical (unpaired) electrons. The highest BCUT2D eigenvalue weighted by Gasteiger charge is 2.45. The molecule has 15 nitrogen and oxygen atoms in total. The zero-order valence-corrected chi connectivity index (χ0v) is 22.0. The number of benzene rings is 2. The molecule has 41 heavy (non-hydrogen) atoms. The Morgan fingerprint density at radius 3 is 2.32 bits per heavy atom. The first-order valence-electron chi connectivity index (χ1n) is 12.4. The van der Waals surface area contributed by atoms with E-state index in [2.05, 4.69) is 23.9 Å². The summed E-state index contributed by atoms with van der Waals surface area (Å²) in [5, 5.41) is 82.0. The molecule has 0 spiro atoms. The Morgan fingerprint density at radius 2 is 1.71 bits per heavy atom. The van der Waals surface area contributed by atoms with Gasteiger partial charge < -0.3 is 54.7 Å². The first kappa shape index (κ1) is 31.3. The van der Waals surface area contributed by atoms with E-state index in [1.54, 1.807) is 0 Å².